The van der Waals surface area contributed by atoms with Crippen LogP contribution in [0.25, 0.3) is 0 Å². The van der Waals surface area contributed by atoms with Gasteiger partial charge in [0.1, 0.15) is 6.04 Å². The molecule has 2 fully saturated rings. The summed E-state index contributed by atoms with van der Waals surface area (Å²) in [4.78, 5) is 24.4. The van der Waals surface area contributed by atoms with Crippen LogP contribution in [0.1, 0.15) is 26.2 Å². The van der Waals surface area contributed by atoms with Crippen LogP contribution in [-0.2, 0) is 9.59 Å². The summed E-state index contributed by atoms with van der Waals surface area (Å²) in [5, 5.41) is 3.28. The smallest absolute Gasteiger partial charge is 0.240 e. The second-order valence-corrected chi connectivity index (χ2v) is 4.39. The molecule has 3 N–H and O–H groups in total. The molecule has 2 atom stereocenters. The van der Waals surface area contributed by atoms with Gasteiger partial charge < -0.3 is 16.0 Å². The lowest BCUT2D eigenvalue weighted by Crippen LogP contribution is -2.47. The minimum absolute atomic E-state index is 0.0215. The van der Waals surface area contributed by atoms with E-state index >= 15 is 0 Å². The minimum Gasteiger partial charge on any atom is -0.368 e. The first-order valence-electron chi connectivity index (χ1n) is 5.45. The molecule has 2 amide bonds. The van der Waals surface area contributed by atoms with E-state index in [4.69, 9.17) is 5.73 Å². The summed E-state index contributed by atoms with van der Waals surface area (Å²) in [5.41, 5.74) is 5.18. The van der Waals surface area contributed by atoms with E-state index in [0.29, 0.717) is 12.6 Å². The van der Waals surface area contributed by atoms with Gasteiger partial charge in [-0.3, -0.25) is 9.59 Å². The fourth-order valence-corrected chi connectivity index (χ4v) is 1.93. The van der Waals surface area contributed by atoms with Crippen molar-refractivity contribution in [2.75, 3.05) is 6.54 Å². The molecular formula is C10H17N3O2. The Bertz CT molecular complexity index is 288. The largest absolute Gasteiger partial charge is 0.368 e. The van der Waals surface area contributed by atoms with Crippen LogP contribution in [-0.4, -0.2) is 41.4 Å². The summed E-state index contributed by atoms with van der Waals surface area (Å²) in [6, 6.07) is -0.0643. The Morgan fingerprint density at radius 2 is 2.20 bits per heavy atom. The third-order valence-electron chi connectivity index (χ3n) is 3.13. The fraction of sp³-hybridized carbons (Fsp3) is 0.800. The Hall–Kier alpha value is -1.10. The van der Waals surface area contributed by atoms with Crippen LogP contribution in [0.3, 0.4) is 0 Å². The van der Waals surface area contributed by atoms with Crippen molar-refractivity contribution in [1.82, 2.24) is 10.2 Å². The molecule has 1 saturated heterocycles. The van der Waals surface area contributed by atoms with Gasteiger partial charge in [0.15, 0.2) is 0 Å². The molecule has 0 aromatic carbocycles. The molecule has 0 aromatic heterocycles. The number of primary amides is 1. The standard InChI is InChI=1S/C10H17N3O2/c1-6(9(11)14)13-5-4-8(10(13)15)12-7-2-3-7/h6-8,12H,2-5H2,1H3,(H2,11,14). The van der Waals surface area contributed by atoms with Crippen molar-refractivity contribution < 1.29 is 9.59 Å². The van der Waals surface area contributed by atoms with Crippen LogP contribution in [0.15, 0.2) is 0 Å². The van der Waals surface area contributed by atoms with Crippen molar-refractivity contribution in [3.05, 3.63) is 0 Å². The van der Waals surface area contributed by atoms with Gasteiger partial charge in [0.25, 0.3) is 0 Å². The number of nitrogens with one attached hydrogen (secondary N) is 1. The molecule has 2 rings (SSSR count). The average molecular weight is 211 g/mol. The van der Waals surface area contributed by atoms with Crippen molar-refractivity contribution in [2.45, 2.75) is 44.3 Å². The fourth-order valence-electron chi connectivity index (χ4n) is 1.93. The summed E-state index contributed by atoms with van der Waals surface area (Å²) in [7, 11) is 0. The molecule has 5 nitrogen and oxygen atoms in total. The van der Waals surface area contributed by atoms with Crippen molar-refractivity contribution in [3.63, 3.8) is 0 Å². The van der Waals surface area contributed by atoms with Gasteiger partial charge in [-0.1, -0.05) is 0 Å². The van der Waals surface area contributed by atoms with Crippen LogP contribution < -0.4 is 11.1 Å². The molecule has 1 aliphatic heterocycles. The molecule has 15 heavy (non-hydrogen) atoms. The number of rotatable bonds is 4. The van der Waals surface area contributed by atoms with Crippen LogP contribution in [0.5, 0.6) is 0 Å². The molecule has 0 radical (unpaired) electrons. The Labute approximate surface area is 89.0 Å². The number of carbonyl (C=O) groups is 2. The van der Waals surface area contributed by atoms with Gasteiger partial charge in [-0.15, -0.1) is 0 Å². The number of carbonyl (C=O) groups excluding carboxylic acids is 2. The van der Waals surface area contributed by atoms with Gasteiger partial charge in [-0.25, -0.2) is 0 Å². The van der Waals surface area contributed by atoms with Gasteiger partial charge in [0.05, 0.1) is 6.04 Å². The summed E-state index contributed by atoms with van der Waals surface area (Å²) in [6.45, 7) is 2.31. The molecule has 84 valence electrons. The molecule has 0 bridgehead atoms. The number of amides is 2. The third kappa shape index (κ3) is 2.12. The topological polar surface area (TPSA) is 75.4 Å². The first kappa shape index (κ1) is 10.4. The normalized spacial score (nSPS) is 28.2. The monoisotopic (exact) mass is 211 g/mol. The van der Waals surface area contributed by atoms with Gasteiger partial charge in [0.2, 0.25) is 11.8 Å². The zero-order valence-corrected chi connectivity index (χ0v) is 8.90. The average Bonchev–Trinajstić information content (AvgIpc) is 2.92. The highest BCUT2D eigenvalue weighted by atomic mass is 16.2. The Morgan fingerprint density at radius 1 is 1.53 bits per heavy atom. The van der Waals surface area contributed by atoms with Gasteiger partial charge in [-0.2, -0.15) is 0 Å². The van der Waals surface area contributed by atoms with E-state index in [2.05, 4.69) is 5.32 Å². The molecule has 1 heterocycles. The molecular weight excluding hydrogens is 194 g/mol. The van der Waals surface area contributed by atoms with E-state index in [9.17, 15) is 9.59 Å². The van der Waals surface area contributed by atoms with E-state index in [1.807, 2.05) is 0 Å². The van der Waals surface area contributed by atoms with Crippen molar-refractivity contribution >= 4 is 11.8 Å². The third-order valence-corrected chi connectivity index (χ3v) is 3.13. The Balaban J connectivity index is 1.93. The summed E-state index contributed by atoms with van der Waals surface area (Å²) in [5.74, 6) is -0.413. The molecule has 0 spiro atoms. The second-order valence-electron chi connectivity index (χ2n) is 4.39. The predicted molar refractivity (Wildman–Crippen MR) is 54.9 cm³/mol. The van der Waals surface area contributed by atoms with Gasteiger partial charge in [-0.05, 0) is 26.2 Å². The first-order valence-corrected chi connectivity index (χ1v) is 5.45. The maximum atomic E-state index is 11.9. The van der Waals surface area contributed by atoms with E-state index in [-0.39, 0.29) is 11.9 Å². The van der Waals surface area contributed by atoms with Crippen LogP contribution in [0.4, 0.5) is 0 Å². The molecule has 2 unspecified atom stereocenters. The maximum absolute atomic E-state index is 11.9. The second kappa shape index (κ2) is 3.81. The lowest BCUT2D eigenvalue weighted by atomic mass is 10.2. The number of likely N-dealkylation sites (tertiary alicyclic amines) is 1. The molecule has 1 aliphatic carbocycles. The lowest BCUT2D eigenvalue weighted by Gasteiger charge is -2.22. The molecule has 0 aromatic rings. The number of nitrogens with two attached hydrogens (primary N) is 1. The maximum Gasteiger partial charge on any atom is 0.240 e. The van der Waals surface area contributed by atoms with Crippen LogP contribution in [0.2, 0.25) is 0 Å². The molecule has 1 saturated carbocycles. The highest BCUT2D eigenvalue weighted by molar-refractivity contribution is 5.90. The molecule has 2 aliphatic rings. The van der Waals surface area contributed by atoms with Gasteiger partial charge >= 0.3 is 0 Å². The van der Waals surface area contributed by atoms with E-state index in [0.717, 1.165) is 19.3 Å². The van der Waals surface area contributed by atoms with Gasteiger partial charge in [0, 0.05) is 12.6 Å². The van der Waals surface area contributed by atoms with Crippen LogP contribution >= 0.6 is 0 Å². The molecule has 5 heteroatoms. The summed E-state index contributed by atoms with van der Waals surface area (Å²) in [6.07, 6.45) is 3.11. The Morgan fingerprint density at radius 3 is 2.73 bits per heavy atom. The summed E-state index contributed by atoms with van der Waals surface area (Å²) < 4.78 is 0. The van der Waals surface area contributed by atoms with Crippen molar-refractivity contribution in [2.24, 2.45) is 5.73 Å². The quantitative estimate of drug-likeness (QED) is 0.640. The number of hydrogen-bond donors (Lipinski definition) is 2. The van der Waals surface area contributed by atoms with Crippen molar-refractivity contribution in [3.8, 4) is 0 Å². The first-order chi connectivity index (χ1) is 7.09. The van der Waals surface area contributed by atoms with E-state index in [1.165, 1.54) is 0 Å². The SMILES string of the molecule is CC(C(N)=O)N1CCC(NC2CC2)C1=O. The highest BCUT2D eigenvalue weighted by Crippen LogP contribution is 2.23. The Kier molecular flexibility index (Phi) is 2.65. The predicted octanol–water partition coefficient (Wildman–Crippen LogP) is -0.787. The van der Waals surface area contributed by atoms with E-state index in [1.54, 1.807) is 11.8 Å². The minimum atomic E-state index is -0.483. The highest BCUT2D eigenvalue weighted by Gasteiger charge is 2.38. The zero-order chi connectivity index (χ0) is 11.0. The zero-order valence-electron chi connectivity index (χ0n) is 8.90. The van der Waals surface area contributed by atoms with E-state index < -0.39 is 11.9 Å². The number of nitrogens with zero attached hydrogens (tertiary/aromatic N) is 1. The van der Waals surface area contributed by atoms with Crippen molar-refractivity contribution in [1.29, 1.82) is 0 Å². The summed E-state index contributed by atoms with van der Waals surface area (Å²) >= 11 is 0. The van der Waals surface area contributed by atoms with Crippen LogP contribution in [0, 0.1) is 0 Å². The lowest BCUT2D eigenvalue weighted by molar-refractivity contribution is -0.136. The number of hydrogen-bond acceptors (Lipinski definition) is 3.